The van der Waals surface area contributed by atoms with Crippen molar-refractivity contribution in [2.75, 3.05) is 11.9 Å². The second kappa shape index (κ2) is 6.26. The molecule has 0 aliphatic rings. The largest absolute Gasteiger partial charge is 0.370 e. The molecule has 2 aromatic rings. The highest BCUT2D eigenvalue weighted by Gasteiger charge is 2.08. The van der Waals surface area contributed by atoms with Crippen LogP contribution in [0.1, 0.15) is 37.9 Å². The second-order valence-corrected chi connectivity index (χ2v) is 4.58. The molecule has 5 nitrogen and oxygen atoms in total. The number of nitrogens with zero attached hydrogens (tertiary/aromatic N) is 3. The van der Waals surface area contributed by atoms with Crippen molar-refractivity contribution in [3.05, 3.63) is 35.9 Å². The van der Waals surface area contributed by atoms with Crippen molar-refractivity contribution >= 4 is 5.82 Å². The van der Waals surface area contributed by atoms with E-state index in [1.165, 1.54) is 6.07 Å². The summed E-state index contributed by atoms with van der Waals surface area (Å²) >= 11 is 0. The van der Waals surface area contributed by atoms with Crippen molar-refractivity contribution in [2.45, 2.75) is 32.6 Å². The van der Waals surface area contributed by atoms with E-state index in [0.29, 0.717) is 24.7 Å². The maximum Gasteiger partial charge on any atom is 0.226 e. The van der Waals surface area contributed by atoms with Gasteiger partial charge in [0.2, 0.25) is 11.8 Å². The fraction of sp³-hybridized carbons (Fsp3) is 0.462. The molecule has 0 bridgehead atoms. The molecule has 2 heterocycles. The smallest absolute Gasteiger partial charge is 0.226 e. The minimum atomic E-state index is -0.483. The van der Waals surface area contributed by atoms with Gasteiger partial charge in [-0.3, -0.25) is 0 Å². The zero-order chi connectivity index (χ0) is 13.7. The normalized spacial score (nSPS) is 10.9. The highest BCUT2D eigenvalue weighted by molar-refractivity contribution is 5.33. The Morgan fingerprint density at radius 3 is 2.84 bits per heavy atom. The topological polar surface area (TPSA) is 63.8 Å². The van der Waals surface area contributed by atoms with Crippen molar-refractivity contribution in [3.63, 3.8) is 0 Å². The fourth-order valence-electron chi connectivity index (χ4n) is 1.57. The summed E-state index contributed by atoms with van der Waals surface area (Å²) in [4.78, 5) is 8.00. The quantitative estimate of drug-likeness (QED) is 0.642. The van der Waals surface area contributed by atoms with Crippen LogP contribution in [0.25, 0.3) is 0 Å². The Hall–Kier alpha value is -1.98. The van der Waals surface area contributed by atoms with E-state index in [2.05, 4.69) is 20.4 Å². The van der Waals surface area contributed by atoms with E-state index in [4.69, 9.17) is 4.52 Å². The average Bonchev–Trinajstić information content (AvgIpc) is 2.84. The van der Waals surface area contributed by atoms with Crippen molar-refractivity contribution < 1.29 is 8.91 Å². The van der Waals surface area contributed by atoms with Crippen LogP contribution in [0.5, 0.6) is 0 Å². The highest BCUT2D eigenvalue weighted by Crippen LogP contribution is 2.10. The molecule has 0 spiro atoms. The Morgan fingerprint density at radius 1 is 1.32 bits per heavy atom. The zero-order valence-corrected chi connectivity index (χ0v) is 11.1. The van der Waals surface area contributed by atoms with Gasteiger partial charge in [0.15, 0.2) is 5.82 Å². The molecule has 0 aliphatic heterocycles. The maximum atomic E-state index is 12.8. The van der Waals surface area contributed by atoms with E-state index in [0.717, 1.165) is 12.2 Å². The first-order chi connectivity index (χ1) is 9.15. The van der Waals surface area contributed by atoms with Crippen LogP contribution in [0.3, 0.4) is 0 Å². The average molecular weight is 264 g/mol. The zero-order valence-electron chi connectivity index (χ0n) is 11.1. The Labute approximate surface area is 111 Å². The first kappa shape index (κ1) is 13.5. The molecule has 0 fully saturated rings. The Bertz CT molecular complexity index is 527. The van der Waals surface area contributed by atoms with Crippen LogP contribution in [-0.2, 0) is 6.42 Å². The lowest BCUT2D eigenvalue weighted by atomic mass is 10.2. The van der Waals surface area contributed by atoms with E-state index >= 15 is 0 Å². The predicted octanol–water partition coefficient (Wildman–Crippen LogP) is 2.77. The molecule has 0 unspecified atom stereocenters. The Kier molecular flexibility index (Phi) is 4.43. The van der Waals surface area contributed by atoms with Crippen molar-refractivity contribution in [1.29, 1.82) is 0 Å². The van der Waals surface area contributed by atoms with Gasteiger partial charge in [0.1, 0.15) is 5.82 Å². The lowest BCUT2D eigenvalue weighted by molar-refractivity contribution is 0.369. The number of hydrogen-bond acceptors (Lipinski definition) is 5. The first-order valence-corrected chi connectivity index (χ1v) is 6.34. The third kappa shape index (κ3) is 4.01. The summed E-state index contributed by atoms with van der Waals surface area (Å²) in [7, 11) is 0. The van der Waals surface area contributed by atoms with Gasteiger partial charge in [0.05, 0.1) is 0 Å². The number of pyridine rings is 1. The number of aryl methyl sites for hydroxylation is 1. The molecular formula is C13H17FN4O. The van der Waals surface area contributed by atoms with Crippen LogP contribution >= 0.6 is 0 Å². The van der Waals surface area contributed by atoms with Gasteiger partial charge in [-0.15, -0.1) is 0 Å². The van der Waals surface area contributed by atoms with Crippen LogP contribution in [0.15, 0.2) is 22.7 Å². The number of aromatic nitrogens is 3. The van der Waals surface area contributed by atoms with E-state index in [1.54, 1.807) is 12.1 Å². The number of anilines is 1. The molecule has 2 rings (SSSR count). The lowest BCUT2D eigenvalue weighted by Gasteiger charge is -2.03. The Balaban J connectivity index is 1.74. The summed E-state index contributed by atoms with van der Waals surface area (Å²) in [5.41, 5.74) is 0. The van der Waals surface area contributed by atoms with Crippen LogP contribution in [0, 0.1) is 5.95 Å². The third-order valence-electron chi connectivity index (χ3n) is 2.59. The molecule has 19 heavy (non-hydrogen) atoms. The summed E-state index contributed by atoms with van der Waals surface area (Å²) in [5, 5.41) is 6.94. The minimum Gasteiger partial charge on any atom is -0.370 e. The third-order valence-corrected chi connectivity index (χ3v) is 2.59. The number of halogens is 1. The second-order valence-electron chi connectivity index (χ2n) is 4.58. The van der Waals surface area contributed by atoms with Crippen molar-refractivity contribution in [1.82, 2.24) is 15.1 Å². The summed E-state index contributed by atoms with van der Waals surface area (Å²) in [5.74, 6) is 1.69. The van der Waals surface area contributed by atoms with Crippen LogP contribution in [0.4, 0.5) is 10.2 Å². The molecule has 0 atom stereocenters. The number of nitrogens with one attached hydrogen (secondary N) is 1. The predicted molar refractivity (Wildman–Crippen MR) is 69.4 cm³/mol. The van der Waals surface area contributed by atoms with Gasteiger partial charge in [0.25, 0.3) is 0 Å². The van der Waals surface area contributed by atoms with Crippen LogP contribution in [0.2, 0.25) is 0 Å². The van der Waals surface area contributed by atoms with Crippen molar-refractivity contribution in [3.8, 4) is 0 Å². The van der Waals surface area contributed by atoms with Gasteiger partial charge in [-0.25, -0.2) is 4.98 Å². The van der Waals surface area contributed by atoms with Gasteiger partial charge in [-0.05, 0) is 18.6 Å². The maximum absolute atomic E-state index is 12.8. The molecule has 2 aromatic heterocycles. The van der Waals surface area contributed by atoms with E-state index in [9.17, 15) is 4.39 Å². The van der Waals surface area contributed by atoms with Gasteiger partial charge < -0.3 is 9.84 Å². The molecule has 0 aliphatic carbocycles. The van der Waals surface area contributed by atoms with Gasteiger partial charge in [-0.2, -0.15) is 9.37 Å². The molecule has 6 heteroatoms. The molecule has 0 amide bonds. The first-order valence-electron chi connectivity index (χ1n) is 6.34. The minimum absolute atomic E-state index is 0.270. The number of hydrogen-bond donors (Lipinski definition) is 1. The fourth-order valence-corrected chi connectivity index (χ4v) is 1.57. The summed E-state index contributed by atoms with van der Waals surface area (Å²) < 4.78 is 18.0. The molecular weight excluding hydrogens is 247 g/mol. The van der Waals surface area contributed by atoms with Crippen LogP contribution in [-0.4, -0.2) is 21.7 Å². The SMILES string of the molecule is CC(C)c1noc(CCCNc2cccc(F)n2)n1. The monoisotopic (exact) mass is 264 g/mol. The highest BCUT2D eigenvalue weighted by atomic mass is 19.1. The molecule has 0 saturated heterocycles. The van der Waals surface area contributed by atoms with E-state index in [1.807, 2.05) is 13.8 Å². The van der Waals surface area contributed by atoms with Crippen LogP contribution < -0.4 is 5.32 Å². The lowest BCUT2D eigenvalue weighted by Crippen LogP contribution is -2.05. The molecule has 0 saturated carbocycles. The van der Waals surface area contributed by atoms with E-state index < -0.39 is 5.95 Å². The van der Waals surface area contributed by atoms with E-state index in [-0.39, 0.29) is 5.92 Å². The standard InChI is InChI=1S/C13H17FN4O/c1-9(2)13-17-12(19-18-13)7-4-8-15-11-6-3-5-10(14)16-11/h3,5-6,9H,4,7-8H2,1-2H3,(H,15,16). The summed E-state index contributed by atoms with van der Waals surface area (Å²) in [6.45, 7) is 4.72. The summed E-state index contributed by atoms with van der Waals surface area (Å²) in [6.07, 6.45) is 1.51. The van der Waals surface area contributed by atoms with Gasteiger partial charge in [-0.1, -0.05) is 25.1 Å². The Morgan fingerprint density at radius 2 is 2.16 bits per heavy atom. The summed E-state index contributed by atoms with van der Waals surface area (Å²) in [6, 6.07) is 4.67. The van der Waals surface area contributed by atoms with Gasteiger partial charge in [0, 0.05) is 18.9 Å². The van der Waals surface area contributed by atoms with Gasteiger partial charge >= 0.3 is 0 Å². The van der Waals surface area contributed by atoms with Crippen molar-refractivity contribution in [2.24, 2.45) is 0 Å². The number of rotatable bonds is 6. The molecule has 1 N–H and O–H groups in total. The molecule has 102 valence electrons. The molecule has 0 aromatic carbocycles. The molecule has 0 radical (unpaired) electrons.